The average Bonchev–Trinajstić information content (AvgIpc) is 3.28. The minimum Gasteiger partial charge on any atom is -0.454 e. The lowest BCUT2D eigenvalue weighted by molar-refractivity contribution is -0.153. The lowest BCUT2D eigenvalue weighted by Gasteiger charge is -2.26. The molecular formula is C22H25N3O5. The van der Waals surface area contributed by atoms with E-state index in [1.54, 1.807) is 24.3 Å². The quantitative estimate of drug-likeness (QED) is 0.543. The Morgan fingerprint density at radius 3 is 2.23 bits per heavy atom. The van der Waals surface area contributed by atoms with Crippen molar-refractivity contribution in [3.8, 4) is 6.07 Å². The lowest BCUT2D eigenvalue weighted by Crippen LogP contribution is -2.49. The summed E-state index contributed by atoms with van der Waals surface area (Å²) in [7, 11) is 0. The molecule has 0 radical (unpaired) electrons. The Morgan fingerprint density at radius 2 is 1.73 bits per heavy atom. The maximum absolute atomic E-state index is 12.8. The molecule has 1 aromatic carbocycles. The number of rotatable bonds is 7. The molecule has 0 spiro atoms. The summed E-state index contributed by atoms with van der Waals surface area (Å²) in [4.78, 5) is 51.5. The zero-order valence-corrected chi connectivity index (χ0v) is 17.1. The minimum absolute atomic E-state index is 0.000959. The molecule has 1 N–H and O–H groups in total. The van der Waals surface area contributed by atoms with Crippen molar-refractivity contribution in [3.05, 3.63) is 35.4 Å². The Balaban J connectivity index is 1.69. The van der Waals surface area contributed by atoms with Crippen molar-refractivity contribution >= 4 is 23.7 Å². The van der Waals surface area contributed by atoms with Crippen LogP contribution in [0.25, 0.3) is 0 Å². The third-order valence-electron chi connectivity index (χ3n) is 5.50. The number of nitrogens with zero attached hydrogens (tertiary/aromatic N) is 2. The summed E-state index contributed by atoms with van der Waals surface area (Å²) in [6.07, 6.45) is 3.05. The Morgan fingerprint density at radius 1 is 1.17 bits per heavy atom. The predicted octanol–water partition coefficient (Wildman–Crippen LogP) is 2.19. The maximum atomic E-state index is 12.8. The molecule has 3 amide bonds. The third kappa shape index (κ3) is 4.20. The second-order valence-corrected chi connectivity index (χ2v) is 8.23. The molecule has 1 fully saturated rings. The first-order chi connectivity index (χ1) is 14.3. The number of amides is 3. The molecule has 8 heteroatoms. The van der Waals surface area contributed by atoms with Gasteiger partial charge in [-0.1, -0.05) is 26.0 Å². The zero-order chi connectivity index (χ0) is 21.9. The van der Waals surface area contributed by atoms with E-state index in [9.17, 15) is 24.4 Å². The van der Waals surface area contributed by atoms with Crippen molar-refractivity contribution < 1.29 is 23.9 Å². The van der Waals surface area contributed by atoms with Crippen LogP contribution in [0.15, 0.2) is 24.3 Å². The number of hydrogen-bond acceptors (Lipinski definition) is 6. The van der Waals surface area contributed by atoms with E-state index in [0.717, 1.165) is 17.7 Å². The topological polar surface area (TPSA) is 117 Å². The van der Waals surface area contributed by atoms with Gasteiger partial charge in [0.2, 0.25) is 0 Å². The van der Waals surface area contributed by atoms with E-state index in [1.807, 2.05) is 13.8 Å². The number of carbonyl (C=O) groups excluding carboxylic acids is 4. The number of fused-ring (bicyclic) bond motifs is 1. The van der Waals surface area contributed by atoms with Crippen molar-refractivity contribution in [2.75, 3.05) is 6.61 Å². The summed E-state index contributed by atoms with van der Waals surface area (Å²) in [5.41, 5.74) is -0.415. The molecule has 30 heavy (non-hydrogen) atoms. The lowest BCUT2D eigenvalue weighted by atomic mass is 10.00. The Bertz CT molecular complexity index is 877. The fraction of sp³-hybridized carbons (Fsp3) is 0.500. The summed E-state index contributed by atoms with van der Waals surface area (Å²) >= 11 is 0. The molecule has 1 saturated carbocycles. The van der Waals surface area contributed by atoms with Gasteiger partial charge in [0.05, 0.1) is 17.2 Å². The van der Waals surface area contributed by atoms with E-state index in [1.165, 1.54) is 0 Å². The Hall–Kier alpha value is -3.21. The Kier molecular flexibility index (Phi) is 6.20. The number of esters is 1. The Labute approximate surface area is 175 Å². The highest BCUT2D eigenvalue weighted by molar-refractivity contribution is 6.22. The van der Waals surface area contributed by atoms with Crippen LogP contribution in [0.1, 0.15) is 66.7 Å². The summed E-state index contributed by atoms with van der Waals surface area (Å²) < 4.78 is 5.17. The standard InChI is InChI=1S/C22H25N3O5/c1-14(2)11-17(25-19(27)15-7-3-4-8-16(15)20(25)28)21(29)30-12-18(26)24-22(13-23)9-5-6-10-22/h3-4,7-8,14,17H,5-6,9-12H2,1-2H3,(H,24,26)/t17-/m1/s1. The average molecular weight is 411 g/mol. The van der Waals surface area contributed by atoms with Crippen molar-refractivity contribution in [2.45, 2.75) is 57.5 Å². The number of imide groups is 1. The van der Waals surface area contributed by atoms with E-state index < -0.39 is 41.9 Å². The molecular weight excluding hydrogens is 386 g/mol. The fourth-order valence-corrected chi connectivity index (χ4v) is 4.02. The molecule has 1 atom stereocenters. The van der Waals surface area contributed by atoms with Gasteiger partial charge >= 0.3 is 5.97 Å². The molecule has 1 aromatic rings. The van der Waals surface area contributed by atoms with Gasteiger partial charge in [-0.15, -0.1) is 0 Å². The predicted molar refractivity (Wildman–Crippen MR) is 106 cm³/mol. The van der Waals surface area contributed by atoms with Gasteiger partial charge in [-0.3, -0.25) is 19.3 Å². The largest absolute Gasteiger partial charge is 0.454 e. The zero-order valence-electron chi connectivity index (χ0n) is 17.1. The molecule has 0 aromatic heterocycles. The number of nitriles is 1. The number of benzene rings is 1. The van der Waals surface area contributed by atoms with Crippen molar-refractivity contribution in [3.63, 3.8) is 0 Å². The first kappa shape index (κ1) is 21.5. The van der Waals surface area contributed by atoms with Gasteiger partial charge in [0.25, 0.3) is 17.7 Å². The molecule has 158 valence electrons. The van der Waals surface area contributed by atoms with Gasteiger partial charge in [0.1, 0.15) is 11.6 Å². The van der Waals surface area contributed by atoms with Crippen LogP contribution in [-0.4, -0.2) is 46.8 Å². The van der Waals surface area contributed by atoms with Crippen LogP contribution in [0.5, 0.6) is 0 Å². The molecule has 0 unspecified atom stereocenters. The van der Waals surface area contributed by atoms with E-state index in [4.69, 9.17) is 4.74 Å². The molecule has 0 saturated heterocycles. The van der Waals surface area contributed by atoms with Gasteiger partial charge in [0.15, 0.2) is 6.61 Å². The molecule has 8 nitrogen and oxygen atoms in total. The second-order valence-electron chi connectivity index (χ2n) is 8.23. The van der Waals surface area contributed by atoms with Gasteiger partial charge < -0.3 is 10.1 Å². The SMILES string of the molecule is CC(C)C[C@H](C(=O)OCC(=O)NC1(C#N)CCCC1)N1C(=O)c2ccccc2C1=O. The second kappa shape index (κ2) is 8.66. The van der Waals surface area contributed by atoms with E-state index in [-0.39, 0.29) is 23.5 Å². The molecule has 0 bridgehead atoms. The van der Waals surface area contributed by atoms with E-state index in [2.05, 4.69) is 11.4 Å². The van der Waals surface area contributed by atoms with Crippen molar-refractivity contribution in [1.29, 1.82) is 5.26 Å². The minimum atomic E-state index is -1.12. The van der Waals surface area contributed by atoms with Crippen LogP contribution < -0.4 is 5.32 Å². The highest BCUT2D eigenvalue weighted by Crippen LogP contribution is 2.29. The van der Waals surface area contributed by atoms with Gasteiger partial charge in [0, 0.05) is 0 Å². The molecule has 1 aliphatic heterocycles. The third-order valence-corrected chi connectivity index (χ3v) is 5.50. The van der Waals surface area contributed by atoms with Crippen LogP contribution in [0, 0.1) is 17.2 Å². The normalized spacial score (nSPS) is 18.1. The summed E-state index contributed by atoms with van der Waals surface area (Å²) in [5.74, 6) is -2.47. The van der Waals surface area contributed by atoms with Gasteiger partial charge in [-0.05, 0) is 50.2 Å². The molecule has 1 heterocycles. The summed E-state index contributed by atoms with van der Waals surface area (Å²) in [5, 5.41) is 12.0. The molecule has 3 rings (SSSR count). The fourth-order valence-electron chi connectivity index (χ4n) is 4.02. The number of carbonyl (C=O) groups is 4. The first-order valence-corrected chi connectivity index (χ1v) is 10.1. The number of hydrogen-bond donors (Lipinski definition) is 1. The number of nitrogens with one attached hydrogen (secondary N) is 1. The highest BCUT2D eigenvalue weighted by atomic mass is 16.5. The van der Waals surface area contributed by atoms with Gasteiger partial charge in [-0.2, -0.15) is 5.26 Å². The van der Waals surface area contributed by atoms with Crippen LogP contribution in [0.4, 0.5) is 0 Å². The first-order valence-electron chi connectivity index (χ1n) is 10.1. The number of ether oxygens (including phenoxy) is 1. The monoisotopic (exact) mass is 411 g/mol. The van der Waals surface area contributed by atoms with Crippen LogP contribution >= 0.6 is 0 Å². The van der Waals surface area contributed by atoms with Crippen LogP contribution in [0.3, 0.4) is 0 Å². The van der Waals surface area contributed by atoms with Gasteiger partial charge in [-0.25, -0.2) is 4.79 Å². The summed E-state index contributed by atoms with van der Waals surface area (Å²) in [6.45, 7) is 3.16. The van der Waals surface area contributed by atoms with E-state index in [0.29, 0.717) is 12.8 Å². The molecule has 2 aliphatic rings. The van der Waals surface area contributed by atoms with Crippen molar-refractivity contribution in [1.82, 2.24) is 10.2 Å². The smallest absolute Gasteiger partial charge is 0.329 e. The van der Waals surface area contributed by atoms with Crippen LogP contribution in [0.2, 0.25) is 0 Å². The maximum Gasteiger partial charge on any atom is 0.329 e. The molecule has 1 aliphatic carbocycles. The van der Waals surface area contributed by atoms with Crippen molar-refractivity contribution in [2.24, 2.45) is 5.92 Å². The van der Waals surface area contributed by atoms with E-state index >= 15 is 0 Å². The summed E-state index contributed by atoms with van der Waals surface area (Å²) in [6, 6.07) is 7.42. The highest BCUT2D eigenvalue weighted by Gasteiger charge is 2.43. The van der Waals surface area contributed by atoms with Crippen LogP contribution in [-0.2, 0) is 14.3 Å².